The van der Waals surface area contributed by atoms with Crippen LogP contribution in [0.2, 0.25) is 0 Å². The van der Waals surface area contributed by atoms with E-state index in [1.54, 1.807) is 0 Å². The molecule has 3 unspecified atom stereocenters. The fourth-order valence-corrected chi connectivity index (χ4v) is 3.59. The second-order valence-corrected chi connectivity index (χ2v) is 6.47. The Morgan fingerprint density at radius 3 is 2.78 bits per heavy atom. The van der Waals surface area contributed by atoms with Crippen LogP contribution in [0.25, 0.3) is 0 Å². The Bertz CT molecular complexity index is 399. The molecule has 1 heterocycles. The van der Waals surface area contributed by atoms with Crippen LogP contribution in [0.1, 0.15) is 45.9 Å². The van der Waals surface area contributed by atoms with Gasteiger partial charge in [-0.25, -0.2) is 4.98 Å². The highest BCUT2D eigenvalue weighted by atomic mass is 16.3. The minimum absolute atomic E-state index is 0.394. The lowest BCUT2D eigenvalue weighted by atomic mass is 9.65. The molecule has 0 saturated heterocycles. The number of aryl methyl sites for hydroxylation is 1. The van der Waals surface area contributed by atoms with E-state index < -0.39 is 5.60 Å². The van der Waals surface area contributed by atoms with E-state index in [0.717, 1.165) is 18.7 Å². The molecule has 0 aromatic carbocycles. The van der Waals surface area contributed by atoms with Crippen LogP contribution in [0.15, 0.2) is 12.4 Å². The molecule has 3 nitrogen and oxygen atoms in total. The predicted molar refractivity (Wildman–Crippen MR) is 73.2 cm³/mol. The Labute approximate surface area is 110 Å². The van der Waals surface area contributed by atoms with Gasteiger partial charge in [0.05, 0.1) is 5.60 Å². The molecule has 1 aliphatic carbocycles. The second kappa shape index (κ2) is 5.04. The Hall–Kier alpha value is -0.830. The van der Waals surface area contributed by atoms with Crippen LogP contribution in [0.3, 0.4) is 0 Å². The zero-order valence-electron chi connectivity index (χ0n) is 12.1. The largest absolute Gasteiger partial charge is 0.389 e. The molecule has 1 aromatic heterocycles. The van der Waals surface area contributed by atoms with Gasteiger partial charge in [-0.1, -0.05) is 27.2 Å². The molecule has 1 aromatic rings. The SMILES string of the molecule is CC1CCC(C(C)C)C(O)(Cc2nccn2C)C1. The molecular weight excluding hydrogens is 224 g/mol. The molecule has 18 heavy (non-hydrogen) atoms. The summed E-state index contributed by atoms with van der Waals surface area (Å²) < 4.78 is 2.02. The van der Waals surface area contributed by atoms with Crippen LogP contribution < -0.4 is 0 Å². The molecule has 1 fully saturated rings. The molecule has 3 heteroatoms. The predicted octanol–water partition coefficient (Wildman–Crippen LogP) is 2.79. The van der Waals surface area contributed by atoms with E-state index in [-0.39, 0.29) is 0 Å². The van der Waals surface area contributed by atoms with Crippen molar-refractivity contribution < 1.29 is 5.11 Å². The normalized spacial score (nSPS) is 33.0. The molecule has 2 rings (SSSR count). The van der Waals surface area contributed by atoms with E-state index in [0.29, 0.717) is 24.2 Å². The summed E-state index contributed by atoms with van der Waals surface area (Å²) >= 11 is 0. The van der Waals surface area contributed by atoms with Gasteiger partial charge in [0.25, 0.3) is 0 Å². The van der Waals surface area contributed by atoms with E-state index in [4.69, 9.17) is 0 Å². The fraction of sp³-hybridized carbons (Fsp3) is 0.800. The van der Waals surface area contributed by atoms with Crippen molar-refractivity contribution in [2.45, 2.75) is 52.1 Å². The lowest BCUT2D eigenvalue weighted by molar-refractivity contribution is -0.0810. The lowest BCUT2D eigenvalue weighted by Gasteiger charge is -2.44. The number of aliphatic hydroxyl groups is 1. The summed E-state index contributed by atoms with van der Waals surface area (Å²) in [5, 5.41) is 11.1. The monoisotopic (exact) mass is 250 g/mol. The van der Waals surface area contributed by atoms with Gasteiger partial charge in [-0.2, -0.15) is 0 Å². The number of hydrogen-bond acceptors (Lipinski definition) is 2. The number of aromatic nitrogens is 2. The molecule has 1 N–H and O–H groups in total. The summed E-state index contributed by atoms with van der Waals surface area (Å²) in [5.74, 6) is 2.54. The first-order chi connectivity index (χ1) is 8.42. The lowest BCUT2D eigenvalue weighted by Crippen LogP contribution is -2.47. The standard InChI is InChI=1S/C15H26N2O/c1-11(2)13-6-5-12(3)9-15(13,18)10-14-16-7-8-17(14)4/h7-8,11-13,18H,5-6,9-10H2,1-4H3. The maximum Gasteiger partial charge on any atom is 0.111 e. The highest BCUT2D eigenvalue weighted by Crippen LogP contribution is 2.42. The van der Waals surface area contributed by atoms with E-state index >= 15 is 0 Å². The van der Waals surface area contributed by atoms with Gasteiger partial charge in [-0.3, -0.25) is 0 Å². The first-order valence-electron chi connectivity index (χ1n) is 7.11. The summed E-state index contributed by atoms with van der Waals surface area (Å²) in [4.78, 5) is 4.38. The Morgan fingerprint density at radius 1 is 1.50 bits per heavy atom. The minimum atomic E-state index is -0.578. The molecule has 3 atom stereocenters. The van der Waals surface area contributed by atoms with Gasteiger partial charge in [0.1, 0.15) is 5.82 Å². The zero-order valence-corrected chi connectivity index (χ0v) is 12.1. The summed E-state index contributed by atoms with van der Waals surface area (Å²) in [6.45, 7) is 6.70. The second-order valence-electron chi connectivity index (χ2n) is 6.47. The van der Waals surface area contributed by atoms with Crippen molar-refractivity contribution in [2.75, 3.05) is 0 Å². The molecule has 0 aliphatic heterocycles. The smallest absolute Gasteiger partial charge is 0.111 e. The van der Waals surface area contributed by atoms with Gasteiger partial charge in [-0.05, 0) is 30.6 Å². The maximum atomic E-state index is 11.1. The maximum absolute atomic E-state index is 11.1. The number of rotatable bonds is 3. The average Bonchev–Trinajstić information content (AvgIpc) is 2.62. The molecule has 0 bridgehead atoms. The van der Waals surface area contributed by atoms with Crippen molar-refractivity contribution in [1.82, 2.24) is 9.55 Å². The van der Waals surface area contributed by atoms with Crippen LogP contribution in [0.4, 0.5) is 0 Å². The minimum Gasteiger partial charge on any atom is -0.389 e. The van der Waals surface area contributed by atoms with Crippen LogP contribution in [-0.2, 0) is 13.5 Å². The average molecular weight is 250 g/mol. The third-order valence-electron chi connectivity index (χ3n) is 4.55. The first kappa shape index (κ1) is 13.6. The van der Waals surface area contributed by atoms with E-state index in [9.17, 15) is 5.11 Å². The molecule has 1 aliphatic rings. The highest BCUT2D eigenvalue weighted by molar-refractivity contribution is 5.03. The van der Waals surface area contributed by atoms with Crippen LogP contribution in [0, 0.1) is 17.8 Å². The number of imidazole rings is 1. The molecule has 0 radical (unpaired) electrons. The quantitative estimate of drug-likeness (QED) is 0.895. The zero-order chi connectivity index (χ0) is 13.3. The summed E-state index contributed by atoms with van der Waals surface area (Å²) in [6, 6.07) is 0. The van der Waals surface area contributed by atoms with Gasteiger partial charge in [-0.15, -0.1) is 0 Å². The van der Waals surface area contributed by atoms with Gasteiger partial charge in [0, 0.05) is 25.9 Å². The van der Waals surface area contributed by atoms with Gasteiger partial charge in [0.15, 0.2) is 0 Å². The van der Waals surface area contributed by atoms with Crippen molar-refractivity contribution >= 4 is 0 Å². The summed E-state index contributed by atoms with van der Waals surface area (Å²) in [5.41, 5.74) is -0.578. The molecule has 0 spiro atoms. The Morgan fingerprint density at radius 2 is 2.22 bits per heavy atom. The van der Waals surface area contributed by atoms with Crippen molar-refractivity contribution in [1.29, 1.82) is 0 Å². The summed E-state index contributed by atoms with van der Waals surface area (Å²) in [7, 11) is 2.00. The first-order valence-corrected chi connectivity index (χ1v) is 7.11. The van der Waals surface area contributed by atoms with Gasteiger partial charge >= 0.3 is 0 Å². The third-order valence-corrected chi connectivity index (χ3v) is 4.55. The highest BCUT2D eigenvalue weighted by Gasteiger charge is 2.43. The number of hydrogen-bond donors (Lipinski definition) is 1. The van der Waals surface area contributed by atoms with Crippen LogP contribution in [-0.4, -0.2) is 20.3 Å². The topological polar surface area (TPSA) is 38.1 Å². The molecule has 1 saturated carbocycles. The van der Waals surface area contributed by atoms with Gasteiger partial charge in [0.2, 0.25) is 0 Å². The van der Waals surface area contributed by atoms with Crippen LogP contribution >= 0.6 is 0 Å². The van der Waals surface area contributed by atoms with E-state index in [1.165, 1.54) is 6.42 Å². The van der Waals surface area contributed by atoms with Crippen molar-refractivity contribution in [3.8, 4) is 0 Å². The van der Waals surface area contributed by atoms with Crippen molar-refractivity contribution in [2.24, 2.45) is 24.8 Å². The molecule has 102 valence electrons. The van der Waals surface area contributed by atoms with E-state index in [1.807, 2.05) is 24.0 Å². The number of nitrogens with zero attached hydrogens (tertiary/aromatic N) is 2. The Balaban J connectivity index is 2.21. The van der Waals surface area contributed by atoms with Gasteiger partial charge < -0.3 is 9.67 Å². The van der Waals surface area contributed by atoms with E-state index in [2.05, 4.69) is 25.8 Å². The van der Waals surface area contributed by atoms with Crippen LogP contribution in [0.5, 0.6) is 0 Å². The fourth-order valence-electron chi connectivity index (χ4n) is 3.59. The van der Waals surface area contributed by atoms with Crippen molar-refractivity contribution in [3.63, 3.8) is 0 Å². The third kappa shape index (κ3) is 2.61. The molecular formula is C15H26N2O. The summed E-state index contributed by atoms with van der Waals surface area (Å²) in [6.07, 6.45) is 7.74. The molecule has 0 amide bonds. The van der Waals surface area contributed by atoms with Crippen molar-refractivity contribution in [3.05, 3.63) is 18.2 Å². The Kier molecular flexibility index (Phi) is 3.81.